The summed E-state index contributed by atoms with van der Waals surface area (Å²) in [4.78, 5) is 27.8. The lowest BCUT2D eigenvalue weighted by atomic mass is 9.43. The molecular weight excluding hydrogens is 575 g/mol. The van der Waals surface area contributed by atoms with Gasteiger partial charge in [0.05, 0.1) is 17.6 Å². The molecule has 8 rings (SSSR count). The van der Waals surface area contributed by atoms with Crippen LogP contribution < -0.4 is 15.4 Å². The number of nitrogens with one attached hydrogen (secondary N) is 2. The molecule has 4 saturated carbocycles. The highest BCUT2D eigenvalue weighted by Crippen LogP contribution is 2.65. The van der Waals surface area contributed by atoms with Gasteiger partial charge in [0.1, 0.15) is 17.5 Å². The second-order valence-electron chi connectivity index (χ2n) is 14.6. The van der Waals surface area contributed by atoms with Gasteiger partial charge in [0.25, 0.3) is 5.91 Å². The summed E-state index contributed by atoms with van der Waals surface area (Å²) >= 11 is 0. The van der Waals surface area contributed by atoms with Crippen molar-refractivity contribution in [3.05, 3.63) is 96.1 Å². The van der Waals surface area contributed by atoms with Crippen LogP contribution in [0.15, 0.2) is 84.9 Å². The highest BCUT2D eigenvalue weighted by atomic mass is 16.7. The van der Waals surface area contributed by atoms with Crippen molar-refractivity contribution in [2.45, 2.75) is 89.4 Å². The Balaban J connectivity index is 1.09. The van der Waals surface area contributed by atoms with Crippen molar-refractivity contribution in [1.29, 1.82) is 0 Å². The van der Waals surface area contributed by atoms with E-state index in [1.165, 1.54) is 12.8 Å². The van der Waals surface area contributed by atoms with Crippen molar-refractivity contribution in [3.8, 4) is 11.5 Å². The summed E-state index contributed by atoms with van der Waals surface area (Å²) < 4.78 is 19.5. The van der Waals surface area contributed by atoms with Crippen LogP contribution in [-0.2, 0) is 20.5 Å². The first kappa shape index (κ1) is 31.0. The maximum atomic E-state index is 14.2. The van der Waals surface area contributed by atoms with E-state index in [-0.39, 0.29) is 34.9 Å². The van der Waals surface area contributed by atoms with Crippen LogP contribution in [0.4, 0.5) is 0 Å². The molecule has 1 heterocycles. The van der Waals surface area contributed by atoms with Crippen LogP contribution in [0.5, 0.6) is 11.5 Å². The first-order valence-electron chi connectivity index (χ1n) is 17.0. The molecule has 5 fully saturated rings. The number of carbonyl (C=O) groups excluding carboxylic acids is 2. The molecule has 5 aliphatic rings. The molecule has 6 atom stereocenters. The van der Waals surface area contributed by atoms with E-state index in [0.717, 1.165) is 31.2 Å². The molecular formula is C38H45BN2O5. The Hall–Kier alpha value is -3.62. The normalized spacial score (nSPS) is 27.4. The smallest absolute Gasteiger partial charge is 0.457 e. The lowest BCUT2D eigenvalue weighted by molar-refractivity contribution is -0.199. The maximum absolute atomic E-state index is 14.2. The van der Waals surface area contributed by atoms with E-state index in [2.05, 4.69) is 31.4 Å². The number of hydrogen-bond donors (Lipinski definition) is 2. The molecule has 0 spiro atoms. The zero-order valence-corrected chi connectivity index (χ0v) is 27.1. The predicted octanol–water partition coefficient (Wildman–Crippen LogP) is 6.76. The lowest BCUT2D eigenvalue weighted by Gasteiger charge is -2.64. The molecule has 0 unspecified atom stereocenters. The van der Waals surface area contributed by atoms with Gasteiger partial charge >= 0.3 is 7.12 Å². The molecule has 3 aromatic carbocycles. The molecule has 46 heavy (non-hydrogen) atoms. The van der Waals surface area contributed by atoms with Gasteiger partial charge in [-0.2, -0.15) is 0 Å². The van der Waals surface area contributed by atoms with Crippen LogP contribution in [-0.4, -0.2) is 42.6 Å². The van der Waals surface area contributed by atoms with Gasteiger partial charge in [-0.3, -0.25) is 9.59 Å². The van der Waals surface area contributed by atoms with Crippen molar-refractivity contribution >= 4 is 18.9 Å². The van der Waals surface area contributed by atoms with Gasteiger partial charge in [0, 0.05) is 12.0 Å². The zero-order chi connectivity index (χ0) is 31.9. The van der Waals surface area contributed by atoms with E-state index in [4.69, 9.17) is 14.0 Å². The van der Waals surface area contributed by atoms with Crippen LogP contribution in [0.25, 0.3) is 0 Å². The van der Waals surface area contributed by atoms with Crippen LogP contribution in [0.2, 0.25) is 0 Å². The zero-order valence-electron chi connectivity index (χ0n) is 27.1. The van der Waals surface area contributed by atoms with Crippen LogP contribution in [0.1, 0.15) is 75.2 Å². The second kappa shape index (κ2) is 12.5. The van der Waals surface area contributed by atoms with E-state index in [9.17, 15) is 9.59 Å². The quantitative estimate of drug-likeness (QED) is 0.232. The molecule has 0 aromatic heterocycles. The van der Waals surface area contributed by atoms with Gasteiger partial charge < -0.3 is 24.7 Å². The van der Waals surface area contributed by atoms with Gasteiger partial charge in [-0.1, -0.05) is 87.7 Å². The fourth-order valence-corrected chi connectivity index (χ4v) is 8.31. The molecule has 2 amide bonds. The summed E-state index contributed by atoms with van der Waals surface area (Å²) in [6.45, 7) is 6.94. The minimum atomic E-state index is -0.788. The Kier molecular flexibility index (Phi) is 8.45. The van der Waals surface area contributed by atoms with Gasteiger partial charge in [-0.25, -0.2) is 0 Å². The van der Waals surface area contributed by atoms with Crippen molar-refractivity contribution in [3.63, 3.8) is 0 Å². The van der Waals surface area contributed by atoms with Gasteiger partial charge in [0.2, 0.25) is 5.91 Å². The van der Waals surface area contributed by atoms with E-state index in [0.29, 0.717) is 41.2 Å². The molecule has 0 radical (unpaired) electrons. The van der Waals surface area contributed by atoms with Crippen molar-refractivity contribution in [1.82, 2.24) is 10.6 Å². The summed E-state index contributed by atoms with van der Waals surface area (Å²) in [6.07, 6.45) is 6.92. The SMILES string of the molecule is CC1(C)[C@@H]2C[C@H]3OB([C@H](CC4CCC4)NC(=O)[C@H](Cc4ccccc4)NC(=O)c4cccc(Oc5ccccc5)c4)O[C@@]3(C)[C@H]1C2. The molecule has 2 bridgehead atoms. The molecule has 4 aliphatic carbocycles. The summed E-state index contributed by atoms with van der Waals surface area (Å²) in [6, 6.07) is 25.5. The Bertz CT molecular complexity index is 1550. The van der Waals surface area contributed by atoms with E-state index in [1.54, 1.807) is 18.2 Å². The molecule has 2 N–H and O–H groups in total. The highest BCUT2D eigenvalue weighted by Gasteiger charge is 2.68. The number of carbonyl (C=O) groups is 2. The molecule has 8 heteroatoms. The topological polar surface area (TPSA) is 85.9 Å². The fourth-order valence-electron chi connectivity index (χ4n) is 8.31. The fraction of sp³-hybridized carbons (Fsp3) is 0.474. The third kappa shape index (κ3) is 6.09. The number of benzene rings is 3. The lowest BCUT2D eigenvalue weighted by Crippen LogP contribution is -2.65. The molecule has 7 nitrogen and oxygen atoms in total. The second-order valence-corrected chi connectivity index (χ2v) is 14.6. The van der Waals surface area contributed by atoms with Gasteiger partial charge in [-0.15, -0.1) is 0 Å². The third-order valence-corrected chi connectivity index (χ3v) is 11.4. The minimum Gasteiger partial charge on any atom is -0.457 e. The summed E-state index contributed by atoms with van der Waals surface area (Å²) in [5.41, 5.74) is 1.28. The standard InChI is InChI=1S/C38H45BN2O5/c1-37(2)28-23-32(37)38(3)33(24-28)45-39(46-38)34(21-26-14-10-15-26)41-36(43)31(20-25-12-6-4-7-13-25)40-35(42)27-16-11-19-30(22-27)44-29-17-8-5-9-18-29/h4-9,11-13,16-19,22,26,28,31-34H,10,14-15,20-21,23-24H2,1-3H3,(H,40,42)(H,41,43)/t28-,31-,32-,33+,34-,38-/m0/s1. The van der Waals surface area contributed by atoms with E-state index in [1.807, 2.05) is 66.7 Å². The molecule has 3 aromatic rings. The van der Waals surface area contributed by atoms with Crippen molar-refractivity contribution in [2.24, 2.45) is 23.2 Å². The Morgan fingerprint density at radius 2 is 1.63 bits per heavy atom. The molecule has 1 saturated heterocycles. The van der Waals surface area contributed by atoms with Gasteiger partial charge in [-0.05, 0) is 85.3 Å². The largest absolute Gasteiger partial charge is 0.481 e. The Morgan fingerprint density at radius 1 is 0.913 bits per heavy atom. The highest BCUT2D eigenvalue weighted by molar-refractivity contribution is 6.48. The summed E-state index contributed by atoms with van der Waals surface area (Å²) in [7, 11) is -0.505. The monoisotopic (exact) mass is 620 g/mol. The average molecular weight is 621 g/mol. The number of para-hydroxylation sites is 1. The maximum Gasteiger partial charge on any atom is 0.481 e. The number of ether oxygens (including phenoxy) is 1. The van der Waals surface area contributed by atoms with Gasteiger partial charge in [0.15, 0.2) is 0 Å². The Labute approximate surface area is 272 Å². The third-order valence-electron chi connectivity index (χ3n) is 11.4. The summed E-state index contributed by atoms with van der Waals surface area (Å²) in [5.74, 6) is 2.01. The van der Waals surface area contributed by atoms with Crippen LogP contribution in [0.3, 0.4) is 0 Å². The minimum absolute atomic E-state index is 0.0419. The molecule has 1 aliphatic heterocycles. The van der Waals surface area contributed by atoms with E-state index < -0.39 is 13.2 Å². The summed E-state index contributed by atoms with van der Waals surface area (Å²) in [5, 5.41) is 6.37. The van der Waals surface area contributed by atoms with Crippen LogP contribution in [0, 0.1) is 23.2 Å². The number of hydrogen-bond acceptors (Lipinski definition) is 5. The molecule has 240 valence electrons. The van der Waals surface area contributed by atoms with Crippen molar-refractivity contribution in [2.75, 3.05) is 0 Å². The Morgan fingerprint density at radius 3 is 2.33 bits per heavy atom. The first-order valence-corrected chi connectivity index (χ1v) is 17.0. The first-order chi connectivity index (χ1) is 22.2. The van der Waals surface area contributed by atoms with Crippen molar-refractivity contribution < 1.29 is 23.6 Å². The number of amides is 2. The van der Waals surface area contributed by atoms with Crippen LogP contribution >= 0.6 is 0 Å². The number of rotatable bonds is 11. The average Bonchev–Trinajstić information content (AvgIpc) is 3.40. The predicted molar refractivity (Wildman–Crippen MR) is 178 cm³/mol. The van der Waals surface area contributed by atoms with E-state index >= 15 is 0 Å².